The first-order chi connectivity index (χ1) is 15.0. The van der Waals surface area contributed by atoms with Gasteiger partial charge >= 0.3 is 5.97 Å². The molecular formula is C24H21Cl2NO4. The predicted molar refractivity (Wildman–Crippen MR) is 121 cm³/mol. The summed E-state index contributed by atoms with van der Waals surface area (Å²) in [5, 5.41) is 3.71. The van der Waals surface area contributed by atoms with Crippen molar-refractivity contribution in [1.82, 2.24) is 0 Å². The number of rotatable bonds is 5. The molecule has 7 heteroatoms. The van der Waals surface area contributed by atoms with Crippen molar-refractivity contribution < 1.29 is 18.7 Å². The van der Waals surface area contributed by atoms with Gasteiger partial charge in [-0.3, -0.25) is 4.79 Å². The third-order valence-corrected chi connectivity index (χ3v) is 5.81. The van der Waals surface area contributed by atoms with Crippen LogP contribution >= 0.6 is 23.2 Å². The average Bonchev–Trinajstić information content (AvgIpc) is 3.27. The molecule has 1 N–H and O–H groups in total. The average molecular weight is 458 g/mol. The number of para-hydroxylation sites is 1. The molecule has 0 spiro atoms. The minimum atomic E-state index is -0.484. The van der Waals surface area contributed by atoms with Crippen LogP contribution in [0, 0.1) is 0 Å². The minimum absolute atomic E-state index is 0.0694. The number of hydrogen-bond acceptors (Lipinski definition) is 4. The van der Waals surface area contributed by atoms with Gasteiger partial charge in [-0.1, -0.05) is 41.8 Å². The van der Waals surface area contributed by atoms with E-state index in [1.807, 2.05) is 0 Å². The Hall–Kier alpha value is -2.76. The van der Waals surface area contributed by atoms with E-state index < -0.39 is 11.9 Å². The zero-order valence-corrected chi connectivity index (χ0v) is 18.2. The number of carbonyl (C=O) groups is 2. The summed E-state index contributed by atoms with van der Waals surface area (Å²) in [6.07, 6.45) is 4.98. The number of furan rings is 1. The highest BCUT2D eigenvalue weighted by atomic mass is 35.5. The van der Waals surface area contributed by atoms with Crippen LogP contribution in [-0.4, -0.2) is 18.0 Å². The van der Waals surface area contributed by atoms with Crippen LogP contribution in [0.1, 0.15) is 53.0 Å². The van der Waals surface area contributed by atoms with E-state index in [1.54, 1.807) is 54.6 Å². The van der Waals surface area contributed by atoms with E-state index >= 15 is 0 Å². The number of amides is 1. The van der Waals surface area contributed by atoms with Gasteiger partial charge in [-0.05, 0) is 68.1 Å². The molecule has 2 aromatic carbocycles. The summed E-state index contributed by atoms with van der Waals surface area (Å²) in [5.41, 5.74) is 1.27. The maximum absolute atomic E-state index is 12.8. The maximum atomic E-state index is 12.8. The van der Waals surface area contributed by atoms with E-state index in [9.17, 15) is 9.59 Å². The molecule has 1 aliphatic carbocycles. The van der Waals surface area contributed by atoms with Crippen molar-refractivity contribution >= 4 is 40.8 Å². The predicted octanol–water partition coefficient (Wildman–Crippen LogP) is 7.00. The third kappa shape index (κ3) is 5.12. The monoisotopic (exact) mass is 457 g/mol. The van der Waals surface area contributed by atoms with Crippen LogP contribution < -0.4 is 5.32 Å². The molecule has 1 saturated carbocycles. The van der Waals surface area contributed by atoms with Gasteiger partial charge in [0.25, 0.3) is 5.91 Å². The number of nitrogens with one attached hydrogen (secondary N) is 1. The van der Waals surface area contributed by atoms with Crippen LogP contribution in [-0.2, 0) is 4.74 Å². The first kappa shape index (κ1) is 21.5. The summed E-state index contributed by atoms with van der Waals surface area (Å²) in [6.45, 7) is 0. The molecule has 0 unspecified atom stereocenters. The zero-order valence-electron chi connectivity index (χ0n) is 16.7. The number of hydrogen-bond donors (Lipinski definition) is 1. The molecule has 1 aliphatic rings. The van der Waals surface area contributed by atoms with Crippen LogP contribution in [0.15, 0.2) is 59.0 Å². The van der Waals surface area contributed by atoms with Gasteiger partial charge in [-0.15, -0.1) is 0 Å². The van der Waals surface area contributed by atoms with Gasteiger partial charge in [0.05, 0.1) is 16.3 Å². The Balaban J connectivity index is 1.50. The molecule has 0 aliphatic heterocycles. The van der Waals surface area contributed by atoms with Crippen LogP contribution in [0.3, 0.4) is 0 Å². The summed E-state index contributed by atoms with van der Waals surface area (Å²) in [5.74, 6) is -0.417. The standard InChI is InChI=1S/C24H21Cl2NO4/c25-15-10-11-19(26)18(14-15)21-12-13-22(31-21)23(28)27-20-9-5-4-8-17(20)24(29)30-16-6-2-1-3-7-16/h4-5,8-14,16H,1-3,6-7H2,(H,27,28). The van der Waals surface area contributed by atoms with Crippen molar-refractivity contribution in [2.24, 2.45) is 0 Å². The van der Waals surface area contributed by atoms with Crippen molar-refractivity contribution in [3.63, 3.8) is 0 Å². The van der Waals surface area contributed by atoms with E-state index in [0.717, 1.165) is 25.7 Å². The van der Waals surface area contributed by atoms with Crippen LogP contribution in [0.5, 0.6) is 0 Å². The highest BCUT2D eigenvalue weighted by Crippen LogP contribution is 2.32. The van der Waals surface area contributed by atoms with Gasteiger partial charge in [-0.25, -0.2) is 4.79 Å². The molecule has 3 aromatic rings. The topological polar surface area (TPSA) is 68.5 Å². The quantitative estimate of drug-likeness (QED) is 0.418. The number of ether oxygens (including phenoxy) is 1. The number of esters is 1. The lowest BCUT2D eigenvalue weighted by Crippen LogP contribution is -2.22. The number of carbonyl (C=O) groups excluding carboxylic acids is 2. The normalized spacial score (nSPS) is 14.3. The van der Waals surface area contributed by atoms with Crippen LogP contribution in [0.4, 0.5) is 5.69 Å². The van der Waals surface area contributed by atoms with Crippen molar-refractivity contribution in [3.05, 3.63) is 76.0 Å². The molecule has 0 radical (unpaired) electrons. The number of halogens is 2. The second kappa shape index (κ2) is 9.58. The first-order valence-electron chi connectivity index (χ1n) is 10.2. The fraction of sp³-hybridized carbons (Fsp3) is 0.250. The summed E-state index contributed by atoms with van der Waals surface area (Å²) < 4.78 is 11.3. The molecule has 0 atom stereocenters. The van der Waals surface area contributed by atoms with E-state index in [-0.39, 0.29) is 11.9 Å². The third-order valence-electron chi connectivity index (χ3n) is 5.24. The minimum Gasteiger partial charge on any atom is -0.459 e. The van der Waals surface area contributed by atoms with Crippen molar-refractivity contribution in [1.29, 1.82) is 0 Å². The van der Waals surface area contributed by atoms with Crippen LogP contribution in [0.2, 0.25) is 10.0 Å². The van der Waals surface area contributed by atoms with Crippen molar-refractivity contribution in [3.8, 4) is 11.3 Å². The molecule has 1 fully saturated rings. The highest BCUT2D eigenvalue weighted by molar-refractivity contribution is 6.35. The summed E-state index contributed by atoms with van der Waals surface area (Å²) in [4.78, 5) is 25.4. The Labute approximate surface area is 190 Å². The smallest absolute Gasteiger partial charge is 0.340 e. The second-order valence-electron chi connectivity index (χ2n) is 7.45. The second-order valence-corrected chi connectivity index (χ2v) is 8.30. The maximum Gasteiger partial charge on any atom is 0.340 e. The molecule has 1 amide bonds. The zero-order chi connectivity index (χ0) is 21.8. The fourth-order valence-corrected chi connectivity index (χ4v) is 4.03. The molecule has 0 bridgehead atoms. The largest absolute Gasteiger partial charge is 0.459 e. The highest BCUT2D eigenvalue weighted by Gasteiger charge is 2.22. The van der Waals surface area contributed by atoms with Crippen molar-refractivity contribution in [2.75, 3.05) is 5.32 Å². The Morgan fingerprint density at radius 1 is 0.968 bits per heavy atom. The SMILES string of the molecule is O=C(Nc1ccccc1C(=O)OC1CCCCC1)c1ccc(-c2cc(Cl)ccc2Cl)o1. The van der Waals surface area contributed by atoms with Gasteiger partial charge < -0.3 is 14.5 Å². The molecular weight excluding hydrogens is 437 g/mol. The van der Waals surface area contributed by atoms with Crippen molar-refractivity contribution in [2.45, 2.75) is 38.2 Å². The molecule has 1 heterocycles. The number of anilines is 1. The van der Waals surface area contributed by atoms with Crippen LogP contribution in [0.25, 0.3) is 11.3 Å². The van der Waals surface area contributed by atoms with Gasteiger partial charge in [0.2, 0.25) is 0 Å². The molecule has 1 aromatic heterocycles. The lowest BCUT2D eigenvalue weighted by Gasteiger charge is -2.22. The van der Waals surface area contributed by atoms with E-state index in [0.29, 0.717) is 32.6 Å². The van der Waals surface area contributed by atoms with E-state index in [4.69, 9.17) is 32.4 Å². The summed E-state index contributed by atoms with van der Waals surface area (Å²) >= 11 is 12.3. The fourth-order valence-electron chi connectivity index (χ4n) is 3.64. The lowest BCUT2D eigenvalue weighted by atomic mass is 9.98. The molecule has 160 valence electrons. The number of benzene rings is 2. The molecule has 31 heavy (non-hydrogen) atoms. The summed E-state index contributed by atoms with van der Waals surface area (Å²) in [7, 11) is 0. The van der Waals surface area contributed by atoms with E-state index in [2.05, 4.69) is 5.32 Å². The molecule has 4 rings (SSSR count). The Morgan fingerprint density at radius 3 is 2.55 bits per heavy atom. The summed E-state index contributed by atoms with van der Waals surface area (Å²) in [6, 6.07) is 15.0. The van der Waals surface area contributed by atoms with Gasteiger partial charge in [0.15, 0.2) is 5.76 Å². The van der Waals surface area contributed by atoms with Gasteiger partial charge in [0.1, 0.15) is 11.9 Å². The van der Waals surface area contributed by atoms with E-state index in [1.165, 1.54) is 6.42 Å². The van der Waals surface area contributed by atoms with Gasteiger partial charge in [0, 0.05) is 10.6 Å². The molecule has 0 saturated heterocycles. The lowest BCUT2D eigenvalue weighted by molar-refractivity contribution is 0.0212. The Bertz CT molecular complexity index is 1100. The first-order valence-corrected chi connectivity index (χ1v) is 10.9. The molecule has 5 nitrogen and oxygen atoms in total. The van der Waals surface area contributed by atoms with Gasteiger partial charge in [-0.2, -0.15) is 0 Å². The Kier molecular flexibility index (Phi) is 6.64. The Morgan fingerprint density at radius 2 is 1.74 bits per heavy atom.